The van der Waals surface area contributed by atoms with Crippen LogP contribution in [0.3, 0.4) is 0 Å². The number of hydrogen-bond donors (Lipinski definition) is 0. The van der Waals surface area contributed by atoms with Gasteiger partial charge in [0.2, 0.25) is 0 Å². The first-order valence-corrected chi connectivity index (χ1v) is 10.8. The number of hydrogen-bond acceptors (Lipinski definition) is 0. The molecule has 126 valence electrons. The molecule has 0 N–H and O–H groups in total. The van der Waals surface area contributed by atoms with Gasteiger partial charge < -0.3 is 0 Å². The summed E-state index contributed by atoms with van der Waals surface area (Å²) >= 11 is 4.38. The van der Waals surface area contributed by atoms with Crippen LogP contribution in [0.15, 0.2) is 0 Å². The van der Waals surface area contributed by atoms with Crippen LogP contribution in [0.25, 0.3) is 0 Å². The lowest BCUT2D eigenvalue weighted by atomic mass is 9.41. The summed E-state index contributed by atoms with van der Waals surface area (Å²) in [7, 11) is 0. The van der Waals surface area contributed by atoms with Crippen LogP contribution in [0.1, 0.15) is 85.5 Å². The summed E-state index contributed by atoms with van der Waals surface area (Å²) < 4.78 is 0.422. The largest absolute Gasteiger partial charge is 0.0844 e. The third-order valence-electron chi connectivity index (χ3n) is 9.49. The quantitative estimate of drug-likeness (QED) is 0.412. The fourth-order valence-electron chi connectivity index (χ4n) is 8.04. The first kappa shape index (κ1) is 16.0. The van der Waals surface area contributed by atoms with Gasteiger partial charge >= 0.3 is 0 Å². The Morgan fingerprint density at radius 1 is 0.818 bits per heavy atom. The molecule has 0 aromatic carbocycles. The van der Waals surface area contributed by atoms with Crippen molar-refractivity contribution in [1.82, 2.24) is 0 Å². The number of fused-ring (bicyclic) bond motifs is 5. The highest BCUT2D eigenvalue weighted by atomic mass is 79.9. The van der Waals surface area contributed by atoms with E-state index in [-0.39, 0.29) is 0 Å². The van der Waals surface area contributed by atoms with Gasteiger partial charge in [-0.3, -0.25) is 0 Å². The van der Waals surface area contributed by atoms with Crippen molar-refractivity contribution in [2.75, 3.05) is 0 Å². The molecule has 4 saturated carbocycles. The number of alkyl halides is 1. The van der Waals surface area contributed by atoms with Gasteiger partial charge in [-0.2, -0.15) is 0 Å². The Kier molecular flexibility index (Phi) is 3.63. The van der Waals surface area contributed by atoms with Gasteiger partial charge in [-0.05, 0) is 78.9 Å². The van der Waals surface area contributed by atoms with E-state index >= 15 is 0 Å². The Bertz CT molecular complexity index is 459. The van der Waals surface area contributed by atoms with Crippen molar-refractivity contribution in [3.63, 3.8) is 0 Å². The monoisotopic (exact) mass is 366 g/mol. The second kappa shape index (κ2) is 4.99. The summed E-state index contributed by atoms with van der Waals surface area (Å²) in [5, 5.41) is 0. The second-order valence-corrected chi connectivity index (χ2v) is 11.5. The SMILES string of the molecule is C[C@@H]1CCC[C@]2(Br)[C@H](C)C[C@H]3[C@@H]4CCC[C@@]4(C)CC[C@@H]3[C@@]12C. The molecule has 0 aromatic heterocycles. The molecule has 0 heterocycles. The van der Waals surface area contributed by atoms with Crippen molar-refractivity contribution in [3.8, 4) is 0 Å². The number of rotatable bonds is 0. The molecule has 0 amide bonds. The average molecular weight is 367 g/mol. The van der Waals surface area contributed by atoms with E-state index in [0.29, 0.717) is 15.2 Å². The fourth-order valence-corrected chi connectivity index (χ4v) is 9.20. The van der Waals surface area contributed by atoms with Gasteiger partial charge in [0.05, 0.1) is 0 Å². The second-order valence-electron chi connectivity index (χ2n) is 10.0. The molecule has 0 nitrogen and oxygen atoms in total. The fraction of sp³-hybridized carbons (Fsp3) is 1.00. The van der Waals surface area contributed by atoms with Gasteiger partial charge in [0.25, 0.3) is 0 Å². The van der Waals surface area contributed by atoms with Gasteiger partial charge in [-0.25, -0.2) is 0 Å². The van der Waals surface area contributed by atoms with Crippen LogP contribution >= 0.6 is 15.9 Å². The zero-order valence-electron chi connectivity index (χ0n) is 15.1. The lowest BCUT2D eigenvalue weighted by Gasteiger charge is -2.67. The zero-order valence-corrected chi connectivity index (χ0v) is 16.7. The molecule has 22 heavy (non-hydrogen) atoms. The summed E-state index contributed by atoms with van der Waals surface area (Å²) in [5.74, 6) is 4.78. The maximum absolute atomic E-state index is 4.38. The lowest BCUT2D eigenvalue weighted by molar-refractivity contribution is -0.131. The molecule has 0 unspecified atom stereocenters. The minimum absolute atomic E-state index is 0.422. The zero-order chi connectivity index (χ0) is 15.8. The van der Waals surface area contributed by atoms with Gasteiger partial charge in [-0.1, -0.05) is 62.9 Å². The van der Waals surface area contributed by atoms with Crippen LogP contribution in [0.4, 0.5) is 0 Å². The Balaban J connectivity index is 1.76. The summed E-state index contributed by atoms with van der Waals surface area (Å²) in [5.41, 5.74) is 1.22. The van der Waals surface area contributed by atoms with Crippen LogP contribution in [0.5, 0.6) is 0 Å². The topological polar surface area (TPSA) is 0 Å². The smallest absolute Gasteiger partial charge is 0.0342 e. The first-order chi connectivity index (χ1) is 10.3. The third kappa shape index (κ3) is 1.81. The first-order valence-electron chi connectivity index (χ1n) is 10.0. The van der Waals surface area contributed by atoms with E-state index < -0.39 is 0 Å². The van der Waals surface area contributed by atoms with Gasteiger partial charge in [0.1, 0.15) is 0 Å². The lowest BCUT2D eigenvalue weighted by Crippen LogP contribution is -2.64. The summed E-state index contributed by atoms with van der Waals surface area (Å²) in [6, 6.07) is 0. The molecule has 4 aliphatic carbocycles. The van der Waals surface area contributed by atoms with Gasteiger partial charge in [-0.15, -0.1) is 0 Å². The van der Waals surface area contributed by atoms with Crippen LogP contribution in [-0.4, -0.2) is 4.32 Å². The average Bonchev–Trinajstić information content (AvgIpc) is 2.86. The van der Waals surface area contributed by atoms with Crippen molar-refractivity contribution in [1.29, 1.82) is 0 Å². The van der Waals surface area contributed by atoms with Crippen molar-refractivity contribution < 1.29 is 0 Å². The van der Waals surface area contributed by atoms with Crippen LogP contribution in [0, 0.1) is 40.4 Å². The molecule has 0 saturated heterocycles. The van der Waals surface area contributed by atoms with Crippen LogP contribution in [0.2, 0.25) is 0 Å². The molecule has 4 fully saturated rings. The molecule has 4 aliphatic rings. The van der Waals surface area contributed by atoms with E-state index in [9.17, 15) is 0 Å². The Hall–Kier alpha value is 0.480. The predicted molar refractivity (Wildman–Crippen MR) is 98.2 cm³/mol. The Labute approximate surface area is 146 Å². The highest BCUT2D eigenvalue weighted by Crippen LogP contribution is 2.71. The molecule has 0 spiro atoms. The van der Waals surface area contributed by atoms with E-state index in [1.54, 1.807) is 0 Å². The predicted octanol–water partition coefficient (Wildman–Crippen LogP) is 6.82. The molecule has 4 rings (SSSR count). The van der Waals surface area contributed by atoms with E-state index in [4.69, 9.17) is 0 Å². The van der Waals surface area contributed by atoms with Crippen molar-refractivity contribution in [3.05, 3.63) is 0 Å². The van der Waals surface area contributed by atoms with Crippen LogP contribution < -0.4 is 0 Å². The van der Waals surface area contributed by atoms with Crippen LogP contribution in [-0.2, 0) is 0 Å². The maximum Gasteiger partial charge on any atom is 0.0342 e. The molecule has 0 bridgehead atoms. The van der Waals surface area contributed by atoms with E-state index in [1.807, 2.05) is 0 Å². The highest BCUT2D eigenvalue weighted by molar-refractivity contribution is 9.10. The minimum atomic E-state index is 0.422. The Morgan fingerprint density at radius 3 is 2.32 bits per heavy atom. The minimum Gasteiger partial charge on any atom is -0.0844 e. The third-order valence-corrected chi connectivity index (χ3v) is 11.5. The van der Waals surface area contributed by atoms with E-state index in [1.165, 1.54) is 57.8 Å². The highest BCUT2D eigenvalue weighted by Gasteiger charge is 2.65. The summed E-state index contributed by atoms with van der Waals surface area (Å²) in [6.07, 6.45) is 13.4. The summed E-state index contributed by atoms with van der Waals surface area (Å²) in [6.45, 7) is 10.5. The van der Waals surface area contributed by atoms with Crippen molar-refractivity contribution in [2.24, 2.45) is 40.4 Å². The molecule has 0 aliphatic heterocycles. The van der Waals surface area contributed by atoms with Crippen molar-refractivity contribution in [2.45, 2.75) is 89.8 Å². The number of halogens is 1. The van der Waals surface area contributed by atoms with E-state index in [2.05, 4.69) is 43.6 Å². The molecule has 0 aromatic rings. The summed E-state index contributed by atoms with van der Waals surface area (Å²) in [4.78, 5) is 0. The standard InChI is InChI=1S/C21H35Br/c1-14-7-5-11-21(22)15(2)13-16-17-8-6-10-19(17,3)12-9-18(16)20(14,21)4/h14-18H,5-13H2,1-4H3/t14-,15-,16+,17+,18+,19+,20-,21+/m1/s1. The normalized spacial score (nSPS) is 61.2. The van der Waals surface area contributed by atoms with Gasteiger partial charge in [0.15, 0.2) is 0 Å². The molecular formula is C21H35Br. The molecule has 0 radical (unpaired) electrons. The molecule has 1 heteroatoms. The van der Waals surface area contributed by atoms with Gasteiger partial charge in [0, 0.05) is 4.32 Å². The Morgan fingerprint density at radius 2 is 1.55 bits per heavy atom. The van der Waals surface area contributed by atoms with E-state index in [0.717, 1.165) is 29.6 Å². The molecule has 8 atom stereocenters. The molecular weight excluding hydrogens is 332 g/mol. The van der Waals surface area contributed by atoms with Crippen molar-refractivity contribution >= 4 is 15.9 Å². The maximum atomic E-state index is 4.38.